The van der Waals surface area contributed by atoms with Gasteiger partial charge in [0.1, 0.15) is 5.82 Å². The molecule has 0 saturated heterocycles. The number of hydrogen-bond donors (Lipinski definition) is 1. The Labute approximate surface area is 130 Å². The summed E-state index contributed by atoms with van der Waals surface area (Å²) in [5.74, 6) is 0.866. The highest BCUT2D eigenvalue weighted by Crippen LogP contribution is 2.43. The van der Waals surface area contributed by atoms with E-state index in [-0.39, 0.29) is 12.4 Å². The first kappa shape index (κ1) is 16.3. The van der Waals surface area contributed by atoms with Crippen LogP contribution >= 0.6 is 0 Å². The second-order valence-electron chi connectivity index (χ2n) is 5.04. The lowest BCUT2D eigenvalue weighted by atomic mass is 9.92. The number of aryl methyl sites for hydroxylation is 1. The monoisotopic (exact) mass is 304 g/mol. The summed E-state index contributed by atoms with van der Waals surface area (Å²) >= 11 is 0. The molecule has 0 fully saturated rings. The van der Waals surface area contributed by atoms with Crippen molar-refractivity contribution < 1.29 is 19.0 Å². The number of benzene rings is 2. The average Bonchev–Trinajstić information content (AvgIpc) is 2.54. The normalized spacial score (nSPS) is 10.6. The van der Waals surface area contributed by atoms with Gasteiger partial charge in [0.25, 0.3) is 0 Å². The maximum Gasteiger partial charge on any atom is 0.168 e. The quantitative estimate of drug-likeness (QED) is 0.878. The molecule has 0 unspecified atom stereocenters. The second kappa shape index (κ2) is 7.27. The molecule has 22 heavy (non-hydrogen) atoms. The highest BCUT2D eigenvalue weighted by atomic mass is 19.1. The molecular weight excluding hydrogens is 283 g/mol. The van der Waals surface area contributed by atoms with Crippen LogP contribution in [0.4, 0.5) is 4.39 Å². The SMILES string of the molecule is CCCc1cc(OC)c(OC)c(-c2ccc(F)cc2)c1CO. The van der Waals surface area contributed by atoms with Gasteiger partial charge in [-0.3, -0.25) is 0 Å². The van der Waals surface area contributed by atoms with Gasteiger partial charge in [0.15, 0.2) is 11.5 Å². The van der Waals surface area contributed by atoms with Crippen LogP contribution in [0.15, 0.2) is 30.3 Å². The molecule has 2 aromatic carbocycles. The largest absolute Gasteiger partial charge is 0.493 e. The van der Waals surface area contributed by atoms with Crippen molar-refractivity contribution >= 4 is 0 Å². The predicted octanol–water partition coefficient (Wildman–Crippen LogP) is 3.95. The van der Waals surface area contributed by atoms with E-state index in [0.717, 1.165) is 35.1 Å². The van der Waals surface area contributed by atoms with E-state index in [0.29, 0.717) is 11.5 Å². The number of aliphatic hydroxyl groups is 1. The van der Waals surface area contributed by atoms with Gasteiger partial charge < -0.3 is 14.6 Å². The van der Waals surface area contributed by atoms with E-state index in [2.05, 4.69) is 6.92 Å². The molecule has 2 rings (SSSR count). The van der Waals surface area contributed by atoms with Crippen molar-refractivity contribution in [3.8, 4) is 22.6 Å². The van der Waals surface area contributed by atoms with Crippen molar-refractivity contribution in [2.45, 2.75) is 26.4 Å². The Morgan fingerprint density at radius 1 is 1.09 bits per heavy atom. The average molecular weight is 304 g/mol. The summed E-state index contributed by atoms with van der Waals surface area (Å²) in [5.41, 5.74) is 3.36. The zero-order valence-corrected chi connectivity index (χ0v) is 13.1. The molecule has 1 N–H and O–H groups in total. The van der Waals surface area contributed by atoms with Crippen molar-refractivity contribution in [3.63, 3.8) is 0 Å². The summed E-state index contributed by atoms with van der Waals surface area (Å²) in [5, 5.41) is 9.85. The van der Waals surface area contributed by atoms with Gasteiger partial charge >= 0.3 is 0 Å². The van der Waals surface area contributed by atoms with Crippen molar-refractivity contribution in [3.05, 3.63) is 47.3 Å². The third-order valence-corrected chi connectivity index (χ3v) is 3.68. The zero-order valence-electron chi connectivity index (χ0n) is 13.1. The maximum atomic E-state index is 13.2. The number of aliphatic hydroxyl groups excluding tert-OH is 1. The van der Waals surface area contributed by atoms with Crippen LogP contribution in [0.1, 0.15) is 24.5 Å². The lowest BCUT2D eigenvalue weighted by molar-refractivity contribution is 0.279. The Morgan fingerprint density at radius 2 is 1.77 bits per heavy atom. The molecule has 0 bridgehead atoms. The molecule has 0 aliphatic heterocycles. The van der Waals surface area contributed by atoms with Crippen molar-refractivity contribution in [2.24, 2.45) is 0 Å². The van der Waals surface area contributed by atoms with Crippen molar-refractivity contribution in [1.82, 2.24) is 0 Å². The molecule has 0 atom stereocenters. The first-order valence-electron chi connectivity index (χ1n) is 7.29. The molecule has 0 spiro atoms. The lowest BCUT2D eigenvalue weighted by Crippen LogP contribution is -2.03. The third kappa shape index (κ3) is 3.07. The summed E-state index contributed by atoms with van der Waals surface area (Å²) in [6.45, 7) is 1.97. The minimum absolute atomic E-state index is 0.109. The molecule has 4 heteroatoms. The molecule has 3 nitrogen and oxygen atoms in total. The molecule has 0 amide bonds. The van der Waals surface area contributed by atoms with Crippen LogP contribution in [0, 0.1) is 5.82 Å². The van der Waals surface area contributed by atoms with Crippen LogP contribution < -0.4 is 9.47 Å². The van der Waals surface area contributed by atoms with Crippen LogP contribution in [-0.2, 0) is 13.0 Å². The Bertz CT molecular complexity index is 636. The van der Waals surface area contributed by atoms with E-state index in [1.807, 2.05) is 6.07 Å². The summed E-state index contributed by atoms with van der Waals surface area (Å²) < 4.78 is 24.1. The van der Waals surface area contributed by atoms with Gasteiger partial charge in [0, 0.05) is 5.56 Å². The molecule has 2 aromatic rings. The van der Waals surface area contributed by atoms with E-state index < -0.39 is 0 Å². The topological polar surface area (TPSA) is 38.7 Å². The summed E-state index contributed by atoms with van der Waals surface area (Å²) in [4.78, 5) is 0. The minimum atomic E-state index is -0.301. The summed E-state index contributed by atoms with van der Waals surface area (Å²) in [6, 6.07) is 8.06. The van der Waals surface area contributed by atoms with Gasteiger partial charge in [-0.2, -0.15) is 0 Å². The van der Waals surface area contributed by atoms with Crippen LogP contribution in [0.5, 0.6) is 11.5 Å². The van der Waals surface area contributed by atoms with Gasteiger partial charge in [0.2, 0.25) is 0 Å². The second-order valence-corrected chi connectivity index (χ2v) is 5.04. The molecule has 0 aromatic heterocycles. The van der Waals surface area contributed by atoms with Gasteiger partial charge in [-0.1, -0.05) is 25.5 Å². The van der Waals surface area contributed by atoms with Crippen LogP contribution in [0.3, 0.4) is 0 Å². The van der Waals surface area contributed by atoms with E-state index in [9.17, 15) is 9.50 Å². The fourth-order valence-corrected chi connectivity index (χ4v) is 2.68. The number of rotatable bonds is 6. The van der Waals surface area contributed by atoms with E-state index in [4.69, 9.17) is 9.47 Å². The fourth-order valence-electron chi connectivity index (χ4n) is 2.68. The summed E-state index contributed by atoms with van der Waals surface area (Å²) in [6.07, 6.45) is 1.77. The number of methoxy groups -OCH3 is 2. The molecule has 118 valence electrons. The zero-order chi connectivity index (χ0) is 16.1. The molecule has 0 aliphatic rings. The van der Waals surface area contributed by atoms with Gasteiger partial charge in [-0.25, -0.2) is 4.39 Å². The molecule has 0 heterocycles. The van der Waals surface area contributed by atoms with Gasteiger partial charge in [-0.15, -0.1) is 0 Å². The van der Waals surface area contributed by atoms with E-state index in [1.165, 1.54) is 12.1 Å². The maximum absolute atomic E-state index is 13.2. The molecular formula is C18H21FO3. The van der Waals surface area contributed by atoms with Gasteiger partial charge in [-0.05, 0) is 41.3 Å². The van der Waals surface area contributed by atoms with Crippen LogP contribution in [-0.4, -0.2) is 19.3 Å². The number of ether oxygens (including phenoxy) is 2. The van der Waals surface area contributed by atoms with Crippen molar-refractivity contribution in [2.75, 3.05) is 14.2 Å². The van der Waals surface area contributed by atoms with E-state index in [1.54, 1.807) is 26.4 Å². The fraction of sp³-hybridized carbons (Fsp3) is 0.333. The number of hydrogen-bond acceptors (Lipinski definition) is 3. The van der Waals surface area contributed by atoms with E-state index >= 15 is 0 Å². The summed E-state index contributed by atoms with van der Waals surface area (Å²) in [7, 11) is 3.15. The van der Waals surface area contributed by atoms with Gasteiger partial charge in [0.05, 0.1) is 20.8 Å². The molecule has 0 saturated carbocycles. The number of halogens is 1. The van der Waals surface area contributed by atoms with Crippen LogP contribution in [0.25, 0.3) is 11.1 Å². The minimum Gasteiger partial charge on any atom is -0.493 e. The highest BCUT2D eigenvalue weighted by Gasteiger charge is 2.20. The Hall–Kier alpha value is -2.07. The molecule has 0 radical (unpaired) electrons. The smallest absolute Gasteiger partial charge is 0.168 e. The third-order valence-electron chi connectivity index (χ3n) is 3.68. The Morgan fingerprint density at radius 3 is 2.27 bits per heavy atom. The lowest BCUT2D eigenvalue weighted by Gasteiger charge is -2.20. The predicted molar refractivity (Wildman–Crippen MR) is 84.9 cm³/mol. The first-order valence-corrected chi connectivity index (χ1v) is 7.29. The Kier molecular flexibility index (Phi) is 5.39. The first-order chi connectivity index (χ1) is 10.7. The van der Waals surface area contributed by atoms with Crippen LogP contribution in [0.2, 0.25) is 0 Å². The molecule has 0 aliphatic carbocycles. The Balaban J connectivity index is 2.76. The highest BCUT2D eigenvalue weighted by molar-refractivity contribution is 5.78. The van der Waals surface area contributed by atoms with Crippen molar-refractivity contribution in [1.29, 1.82) is 0 Å². The standard InChI is InChI=1S/C18H21FO3/c1-4-5-13-10-16(21-2)18(22-3)17(15(13)11-20)12-6-8-14(19)9-7-12/h6-10,20H,4-5,11H2,1-3H3.